The first kappa shape index (κ1) is 16.1. The molecular weight excluding hydrogens is 336 g/mol. The molecule has 8 heteroatoms. The van der Waals surface area contributed by atoms with Gasteiger partial charge in [-0.1, -0.05) is 6.08 Å². The maximum Gasteiger partial charge on any atom is 0.335 e. The lowest BCUT2D eigenvalue weighted by Crippen LogP contribution is -2.16. The van der Waals surface area contributed by atoms with Crippen molar-refractivity contribution in [3.05, 3.63) is 47.6 Å². The van der Waals surface area contributed by atoms with Crippen molar-refractivity contribution in [1.29, 1.82) is 0 Å². The summed E-state index contributed by atoms with van der Waals surface area (Å²) in [5.74, 6) is -0.707. The fourth-order valence-corrected chi connectivity index (χ4v) is 3.00. The molecule has 8 nitrogen and oxygen atoms in total. The van der Waals surface area contributed by atoms with Crippen molar-refractivity contribution < 1.29 is 19.8 Å². The second-order valence-electron chi connectivity index (χ2n) is 6.08. The molecule has 0 aromatic carbocycles. The van der Waals surface area contributed by atoms with E-state index in [4.69, 9.17) is 10.2 Å². The van der Waals surface area contributed by atoms with E-state index in [0.717, 1.165) is 5.71 Å². The molecular formula is C18H14N4O4. The van der Waals surface area contributed by atoms with Crippen molar-refractivity contribution in [2.45, 2.75) is 24.9 Å². The molecule has 2 unspecified atom stereocenters. The first-order valence-corrected chi connectivity index (χ1v) is 8.06. The van der Waals surface area contributed by atoms with Crippen LogP contribution in [0.5, 0.6) is 0 Å². The van der Waals surface area contributed by atoms with Crippen molar-refractivity contribution in [2.75, 3.05) is 0 Å². The van der Waals surface area contributed by atoms with Crippen LogP contribution in [0.25, 0.3) is 0 Å². The van der Waals surface area contributed by atoms with Gasteiger partial charge in [0.15, 0.2) is 0 Å². The average Bonchev–Trinajstić information content (AvgIpc) is 3.21. The number of nitrogens with zero attached hydrogens (tertiary/aromatic N) is 4. The molecule has 0 amide bonds. The predicted octanol–water partition coefficient (Wildman–Crippen LogP) is 1.37. The van der Waals surface area contributed by atoms with Gasteiger partial charge in [0.05, 0.1) is 22.6 Å². The Labute approximate surface area is 148 Å². The Morgan fingerprint density at radius 2 is 1.50 bits per heavy atom. The minimum absolute atomic E-state index is 0.194. The molecule has 2 aliphatic heterocycles. The molecule has 0 aromatic heterocycles. The van der Waals surface area contributed by atoms with Crippen molar-refractivity contribution in [3.63, 3.8) is 0 Å². The van der Waals surface area contributed by atoms with Crippen LogP contribution >= 0.6 is 0 Å². The summed E-state index contributed by atoms with van der Waals surface area (Å²) in [6.07, 6.45) is 10.6. The van der Waals surface area contributed by atoms with Crippen molar-refractivity contribution in [1.82, 2.24) is 0 Å². The van der Waals surface area contributed by atoms with Gasteiger partial charge in [0.1, 0.15) is 23.8 Å². The van der Waals surface area contributed by atoms with E-state index in [9.17, 15) is 9.59 Å². The lowest BCUT2D eigenvalue weighted by Gasteiger charge is -2.07. The molecule has 0 radical (unpaired) electrons. The Morgan fingerprint density at radius 3 is 2.19 bits per heavy atom. The normalized spacial score (nSPS) is 25.4. The third-order valence-electron chi connectivity index (χ3n) is 4.30. The first-order valence-electron chi connectivity index (χ1n) is 8.06. The first-order chi connectivity index (χ1) is 12.5. The highest BCUT2D eigenvalue weighted by molar-refractivity contribution is 6.17. The maximum atomic E-state index is 11.0. The largest absolute Gasteiger partial charge is 0.478 e. The minimum atomic E-state index is -0.989. The standard InChI is InChI=1S/C18H14N4O4/c23-17(24)9-1-3-11-13(7-9)21-15(19-11)5-6-16-20-12-4-2-10(18(25)26)8-14(12)22-16/h1-4,7-8,11,14H,5-6H2,(H,23,24)(H,25,26). The summed E-state index contributed by atoms with van der Waals surface area (Å²) in [4.78, 5) is 39.8. The van der Waals surface area contributed by atoms with Gasteiger partial charge in [-0.15, -0.1) is 0 Å². The summed E-state index contributed by atoms with van der Waals surface area (Å²) in [6.45, 7) is 0. The Balaban J connectivity index is 1.42. The summed E-state index contributed by atoms with van der Waals surface area (Å²) in [5, 5.41) is 18.1. The number of hydrogen-bond donors (Lipinski definition) is 2. The SMILES string of the molecule is O=C(O)C1=CC2=NC(CCC3=NC4C=C(C(=O)O)C=CC4=N3)=NC2C=C1. The molecule has 26 heavy (non-hydrogen) atoms. The lowest BCUT2D eigenvalue weighted by molar-refractivity contribution is -0.133. The van der Waals surface area contributed by atoms with Gasteiger partial charge < -0.3 is 10.2 Å². The number of aliphatic imine (C=N–C) groups is 4. The molecule has 130 valence electrons. The van der Waals surface area contributed by atoms with Gasteiger partial charge in [-0.25, -0.2) is 19.6 Å². The average molecular weight is 350 g/mol. The van der Waals surface area contributed by atoms with Crippen LogP contribution in [0.15, 0.2) is 67.6 Å². The maximum absolute atomic E-state index is 11.0. The van der Waals surface area contributed by atoms with E-state index < -0.39 is 11.9 Å². The van der Waals surface area contributed by atoms with E-state index in [1.54, 1.807) is 18.2 Å². The highest BCUT2D eigenvalue weighted by Gasteiger charge is 2.26. The smallest absolute Gasteiger partial charge is 0.335 e. The molecule has 2 heterocycles. The van der Waals surface area contributed by atoms with Crippen LogP contribution in [-0.2, 0) is 9.59 Å². The van der Waals surface area contributed by atoms with Gasteiger partial charge in [-0.2, -0.15) is 0 Å². The van der Waals surface area contributed by atoms with Crippen LogP contribution < -0.4 is 0 Å². The lowest BCUT2D eigenvalue weighted by atomic mass is 10.0. The van der Waals surface area contributed by atoms with Gasteiger partial charge in [-0.05, 0) is 30.4 Å². The molecule has 2 aliphatic carbocycles. The second-order valence-corrected chi connectivity index (χ2v) is 6.08. The number of rotatable bonds is 5. The van der Waals surface area contributed by atoms with Gasteiger partial charge in [0, 0.05) is 12.8 Å². The van der Waals surface area contributed by atoms with Gasteiger partial charge in [0.25, 0.3) is 0 Å². The number of carbonyl (C=O) groups is 2. The van der Waals surface area contributed by atoms with Crippen LogP contribution in [0.3, 0.4) is 0 Å². The van der Waals surface area contributed by atoms with Crippen LogP contribution in [0.2, 0.25) is 0 Å². The van der Waals surface area contributed by atoms with Crippen molar-refractivity contribution in [3.8, 4) is 0 Å². The van der Waals surface area contributed by atoms with E-state index in [1.165, 1.54) is 18.2 Å². The zero-order valence-corrected chi connectivity index (χ0v) is 13.5. The van der Waals surface area contributed by atoms with E-state index in [1.807, 2.05) is 0 Å². The van der Waals surface area contributed by atoms with Crippen molar-refractivity contribution in [2.24, 2.45) is 20.0 Å². The topological polar surface area (TPSA) is 124 Å². The zero-order valence-electron chi connectivity index (χ0n) is 13.5. The molecule has 0 aromatic rings. The summed E-state index contributed by atoms with van der Waals surface area (Å²) >= 11 is 0. The van der Waals surface area contributed by atoms with Crippen molar-refractivity contribution >= 4 is 35.0 Å². The third kappa shape index (κ3) is 2.97. The Hall–Kier alpha value is -3.42. The minimum Gasteiger partial charge on any atom is -0.478 e. The molecule has 0 spiro atoms. The number of amidine groups is 2. The second kappa shape index (κ2) is 6.14. The number of carboxylic acids is 2. The molecule has 0 fully saturated rings. The van der Waals surface area contributed by atoms with Gasteiger partial charge >= 0.3 is 11.9 Å². The fourth-order valence-electron chi connectivity index (χ4n) is 3.00. The Kier molecular flexibility index (Phi) is 3.80. The van der Waals surface area contributed by atoms with E-state index in [-0.39, 0.29) is 23.2 Å². The van der Waals surface area contributed by atoms with E-state index >= 15 is 0 Å². The zero-order chi connectivity index (χ0) is 18.3. The van der Waals surface area contributed by atoms with Crippen LogP contribution in [-0.4, -0.2) is 57.3 Å². The summed E-state index contributed by atoms with van der Waals surface area (Å²) in [6, 6.07) is -0.569. The summed E-state index contributed by atoms with van der Waals surface area (Å²) in [7, 11) is 0. The number of fused-ring (bicyclic) bond motifs is 2. The summed E-state index contributed by atoms with van der Waals surface area (Å²) in [5.41, 5.74) is 1.77. The number of carboxylic acid groups (broad SMARTS) is 2. The van der Waals surface area contributed by atoms with Crippen LogP contribution in [0.1, 0.15) is 12.8 Å². The molecule has 0 saturated heterocycles. The highest BCUT2D eigenvalue weighted by Crippen LogP contribution is 2.21. The molecule has 4 aliphatic rings. The Bertz CT molecular complexity index is 958. The summed E-state index contributed by atoms with van der Waals surface area (Å²) < 4.78 is 0. The molecule has 0 bridgehead atoms. The molecule has 4 rings (SSSR count). The predicted molar refractivity (Wildman–Crippen MR) is 96.3 cm³/mol. The number of hydrogen-bond acceptors (Lipinski definition) is 6. The number of aliphatic carboxylic acids is 2. The van der Waals surface area contributed by atoms with Crippen LogP contribution in [0.4, 0.5) is 0 Å². The van der Waals surface area contributed by atoms with Gasteiger partial charge in [-0.3, -0.25) is 9.98 Å². The monoisotopic (exact) mass is 350 g/mol. The van der Waals surface area contributed by atoms with Gasteiger partial charge in [0.2, 0.25) is 0 Å². The quantitative estimate of drug-likeness (QED) is 0.777. The molecule has 2 atom stereocenters. The van der Waals surface area contributed by atoms with E-state index in [2.05, 4.69) is 20.0 Å². The third-order valence-corrected chi connectivity index (χ3v) is 4.30. The highest BCUT2D eigenvalue weighted by atomic mass is 16.4. The van der Waals surface area contributed by atoms with E-state index in [0.29, 0.717) is 30.2 Å². The molecule has 2 N–H and O–H groups in total. The Morgan fingerprint density at radius 1 is 0.846 bits per heavy atom. The van der Waals surface area contributed by atoms with Crippen LogP contribution in [0, 0.1) is 0 Å². The molecule has 0 saturated carbocycles. The fraction of sp³-hybridized carbons (Fsp3) is 0.222.